The third-order valence-corrected chi connectivity index (χ3v) is 4.42. The van der Waals surface area contributed by atoms with Gasteiger partial charge in [-0.1, -0.05) is 19.1 Å². The number of halogens is 1. The molecule has 5 heteroatoms. The van der Waals surface area contributed by atoms with Crippen LogP contribution in [0.2, 0.25) is 0 Å². The van der Waals surface area contributed by atoms with E-state index in [1.54, 1.807) is 12.1 Å². The Labute approximate surface area is 131 Å². The van der Waals surface area contributed by atoms with Crippen molar-refractivity contribution in [3.05, 3.63) is 35.6 Å². The van der Waals surface area contributed by atoms with Gasteiger partial charge in [-0.05, 0) is 56.1 Å². The van der Waals surface area contributed by atoms with Crippen molar-refractivity contribution >= 4 is 5.91 Å². The number of piperidine rings is 1. The van der Waals surface area contributed by atoms with Crippen LogP contribution in [0.25, 0.3) is 0 Å². The van der Waals surface area contributed by atoms with Gasteiger partial charge in [0.2, 0.25) is 5.91 Å². The highest BCUT2D eigenvalue weighted by atomic mass is 19.1. The number of nitrogens with one attached hydrogen (secondary N) is 1. The van der Waals surface area contributed by atoms with Crippen molar-refractivity contribution in [2.45, 2.75) is 32.2 Å². The lowest BCUT2D eigenvalue weighted by Gasteiger charge is -2.31. The van der Waals surface area contributed by atoms with Crippen LogP contribution in [0.3, 0.4) is 0 Å². The molecule has 0 bridgehead atoms. The van der Waals surface area contributed by atoms with Gasteiger partial charge in [0, 0.05) is 6.42 Å². The standard InChI is InChI=1S/C17H25FN2O2/c1-2-20-9-7-13(8-10-20)11-17(22)19-16(12-21)14-3-5-15(18)6-4-14/h3-6,13,16,21H,2,7-12H2,1H3,(H,19,22)/t16-/m0/s1. The quantitative estimate of drug-likeness (QED) is 0.846. The van der Waals surface area contributed by atoms with Crippen LogP contribution in [0.5, 0.6) is 0 Å². The van der Waals surface area contributed by atoms with Crippen molar-refractivity contribution in [2.75, 3.05) is 26.2 Å². The molecule has 1 aromatic rings. The fourth-order valence-corrected chi connectivity index (χ4v) is 2.95. The van der Waals surface area contributed by atoms with E-state index in [0.29, 0.717) is 12.3 Å². The summed E-state index contributed by atoms with van der Waals surface area (Å²) in [5.74, 6) is 0.0446. The van der Waals surface area contributed by atoms with Crippen molar-refractivity contribution in [1.82, 2.24) is 10.2 Å². The van der Waals surface area contributed by atoms with E-state index in [1.165, 1.54) is 12.1 Å². The Morgan fingerprint density at radius 1 is 1.36 bits per heavy atom. The normalized spacial score (nSPS) is 18.1. The summed E-state index contributed by atoms with van der Waals surface area (Å²) in [5.41, 5.74) is 0.720. The van der Waals surface area contributed by atoms with E-state index in [4.69, 9.17) is 0 Å². The Bertz CT molecular complexity index is 470. The molecule has 0 unspecified atom stereocenters. The average Bonchev–Trinajstić information content (AvgIpc) is 2.54. The Balaban J connectivity index is 1.83. The molecule has 1 saturated heterocycles. The molecule has 1 aliphatic heterocycles. The SMILES string of the molecule is CCN1CCC(CC(=O)N[C@@H](CO)c2ccc(F)cc2)CC1. The first-order chi connectivity index (χ1) is 10.6. The van der Waals surface area contributed by atoms with Crippen LogP contribution < -0.4 is 5.32 Å². The second kappa shape index (κ2) is 8.25. The largest absolute Gasteiger partial charge is 0.394 e. The van der Waals surface area contributed by atoms with Crippen LogP contribution in [0.15, 0.2) is 24.3 Å². The first-order valence-electron chi connectivity index (χ1n) is 8.00. The lowest BCUT2D eigenvalue weighted by molar-refractivity contribution is -0.123. The predicted octanol–water partition coefficient (Wildman–Crippen LogP) is 2.10. The molecule has 1 heterocycles. The van der Waals surface area contributed by atoms with Crippen molar-refractivity contribution in [3.8, 4) is 0 Å². The molecule has 2 rings (SSSR count). The van der Waals surface area contributed by atoms with Crippen molar-refractivity contribution in [1.29, 1.82) is 0 Å². The summed E-state index contributed by atoms with van der Waals surface area (Å²) in [6.07, 6.45) is 2.58. The van der Waals surface area contributed by atoms with E-state index in [9.17, 15) is 14.3 Å². The molecule has 122 valence electrons. The third kappa shape index (κ3) is 4.78. The van der Waals surface area contributed by atoms with Gasteiger partial charge in [-0.25, -0.2) is 4.39 Å². The predicted molar refractivity (Wildman–Crippen MR) is 83.8 cm³/mol. The van der Waals surface area contributed by atoms with Crippen molar-refractivity contribution in [3.63, 3.8) is 0 Å². The maximum atomic E-state index is 12.9. The second-order valence-electron chi connectivity index (χ2n) is 5.94. The molecule has 1 fully saturated rings. The summed E-state index contributed by atoms with van der Waals surface area (Å²) in [5, 5.41) is 12.3. The number of carbonyl (C=O) groups is 1. The maximum absolute atomic E-state index is 12.9. The third-order valence-electron chi connectivity index (χ3n) is 4.42. The number of benzene rings is 1. The van der Waals surface area contributed by atoms with Gasteiger partial charge in [0.1, 0.15) is 5.82 Å². The molecule has 1 aromatic carbocycles. The molecule has 22 heavy (non-hydrogen) atoms. The molecule has 2 N–H and O–H groups in total. The van der Waals surface area contributed by atoms with E-state index >= 15 is 0 Å². The first kappa shape index (κ1) is 16.9. The number of hydrogen-bond acceptors (Lipinski definition) is 3. The highest BCUT2D eigenvalue weighted by Gasteiger charge is 2.22. The van der Waals surface area contributed by atoms with E-state index in [-0.39, 0.29) is 18.3 Å². The number of hydrogen-bond donors (Lipinski definition) is 2. The van der Waals surface area contributed by atoms with Gasteiger partial charge in [-0.15, -0.1) is 0 Å². The molecular weight excluding hydrogens is 283 g/mol. The zero-order chi connectivity index (χ0) is 15.9. The summed E-state index contributed by atoms with van der Waals surface area (Å²) >= 11 is 0. The zero-order valence-electron chi connectivity index (χ0n) is 13.1. The molecule has 1 aliphatic rings. The lowest BCUT2D eigenvalue weighted by atomic mass is 9.93. The molecule has 1 amide bonds. The topological polar surface area (TPSA) is 52.6 Å². The average molecular weight is 308 g/mol. The van der Waals surface area contributed by atoms with Gasteiger partial charge in [0.15, 0.2) is 0 Å². The van der Waals surface area contributed by atoms with Crippen LogP contribution in [-0.2, 0) is 4.79 Å². The molecule has 0 spiro atoms. The Hall–Kier alpha value is -1.46. The fourth-order valence-electron chi connectivity index (χ4n) is 2.95. The highest BCUT2D eigenvalue weighted by molar-refractivity contribution is 5.76. The molecule has 0 aromatic heterocycles. The minimum absolute atomic E-state index is 0.0432. The number of rotatable bonds is 6. The van der Waals surface area contributed by atoms with Gasteiger partial charge < -0.3 is 15.3 Å². The van der Waals surface area contributed by atoms with Gasteiger partial charge in [-0.2, -0.15) is 0 Å². The van der Waals surface area contributed by atoms with Crippen molar-refractivity contribution < 1.29 is 14.3 Å². The van der Waals surface area contributed by atoms with Crippen LogP contribution in [-0.4, -0.2) is 42.2 Å². The summed E-state index contributed by atoms with van der Waals surface area (Å²) in [4.78, 5) is 14.6. The van der Waals surface area contributed by atoms with E-state index in [2.05, 4.69) is 17.1 Å². The van der Waals surface area contributed by atoms with Gasteiger partial charge in [0.05, 0.1) is 12.6 Å². The monoisotopic (exact) mass is 308 g/mol. The first-order valence-corrected chi connectivity index (χ1v) is 8.00. The smallest absolute Gasteiger partial charge is 0.220 e. The molecule has 0 radical (unpaired) electrons. The Kier molecular flexibility index (Phi) is 6.34. The van der Waals surface area contributed by atoms with E-state index < -0.39 is 6.04 Å². The number of nitrogens with zero attached hydrogens (tertiary/aromatic N) is 1. The van der Waals surface area contributed by atoms with Gasteiger partial charge in [0.25, 0.3) is 0 Å². The van der Waals surface area contributed by atoms with E-state index in [1.807, 2.05) is 0 Å². The van der Waals surface area contributed by atoms with E-state index in [0.717, 1.165) is 38.0 Å². The number of carbonyl (C=O) groups excluding carboxylic acids is 1. The van der Waals surface area contributed by atoms with Crippen molar-refractivity contribution in [2.24, 2.45) is 5.92 Å². The summed E-state index contributed by atoms with van der Waals surface area (Å²) in [6.45, 7) is 5.13. The molecule has 0 aliphatic carbocycles. The molecular formula is C17H25FN2O2. The van der Waals surface area contributed by atoms with Crippen LogP contribution in [0.4, 0.5) is 4.39 Å². The maximum Gasteiger partial charge on any atom is 0.220 e. The van der Waals surface area contributed by atoms with Crippen LogP contribution >= 0.6 is 0 Å². The van der Waals surface area contributed by atoms with Crippen LogP contribution in [0.1, 0.15) is 37.8 Å². The van der Waals surface area contributed by atoms with Crippen LogP contribution in [0, 0.1) is 11.7 Å². The second-order valence-corrected chi connectivity index (χ2v) is 5.94. The minimum atomic E-state index is -0.469. The zero-order valence-corrected chi connectivity index (χ0v) is 13.1. The van der Waals surface area contributed by atoms with Gasteiger partial charge >= 0.3 is 0 Å². The minimum Gasteiger partial charge on any atom is -0.394 e. The lowest BCUT2D eigenvalue weighted by Crippen LogP contribution is -2.37. The molecule has 4 nitrogen and oxygen atoms in total. The number of likely N-dealkylation sites (tertiary alicyclic amines) is 1. The van der Waals surface area contributed by atoms with Gasteiger partial charge in [-0.3, -0.25) is 4.79 Å². The summed E-state index contributed by atoms with van der Waals surface area (Å²) in [6, 6.07) is 5.39. The molecule has 0 saturated carbocycles. The summed E-state index contributed by atoms with van der Waals surface area (Å²) in [7, 11) is 0. The molecule has 1 atom stereocenters. The highest BCUT2D eigenvalue weighted by Crippen LogP contribution is 2.21. The number of aliphatic hydroxyl groups is 1. The summed E-state index contributed by atoms with van der Waals surface area (Å²) < 4.78 is 12.9. The number of aliphatic hydroxyl groups excluding tert-OH is 1. The fraction of sp³-hybridized carbons (Fsp3) is 0.588. The number of amides is 1. The Morgan fingerprint density at radius 3 is 2.55 bits per heavy atom. The Morgan fingerprint density at radius 2 is 2.00 bits per heavy atom.